The highest BCUT2D eigenvalue weighted by Gasteiger charge is 2.24. The van der Waals surface area contributed by atoms with Crippen LogP contribution in [0.2, 0.25) is 0 Å². The molecule has 10 heteroatoms. The van der Waals surface area contributed by atoms with Crippen LogP contribution in [0.15, 0.2) is 82.9 Å². The van der Waals surface area contributed by atoms with Gasteiger partial charge in [0.05, 0.1) is 28.2 Å². The smallest absolute Gasteiger partial charge is 0.304 e. The molecule has 2 unspecified atom stereocenters. The minimum Gasteiger partial charge on any atom is -0.481 e. The third kappa shape index (κ3) is 5.99. The van der Waals surface area contributed by atoms with Crippen molar-refractivity contribution in [1.82, 2.24) is 4.98 Å². The molecule has 0 saturated heterocycles. The van der Waals surface area contributed by atoms with E-state index in [0.717, 1.165) is 0 Å². The van der Waals surface area contributed by atoms with Gasteiger partial charge in [0.1, 0.15) is 0 Å². The molecule has 0 aliphatic rings. The number of hydrogen-bond donors (Lipinski definition) is 4. The molecule has 0 spiro atoms. The lowest BCUT2D eigenvalue weighted by molar-refractivity contribution is -0.137. The van der Waals surface area contributed by atoms with Gasteiger partial charge in [0, 0.05) is 28.5 Å². The van der Waals surface area contributed by atoms with E-state index in [9.17, 15) is 18.9 Å². The Kier molecular flexibility index (Phi) is 7.29. The molecule has 2 atom stereocenters. The number of rotatable bonds is 8. The second-order valence-electron chi connectivity index (χ2n) is 6.74. The number of guanidine groups is 1. The fourth-order valence-corrected chi connectivity index (χ4v) is 4.44. The SMILES string of the molecule is NC(N)=Nc1cccc(C(=O)Nc2cccc(S(=O)C(CC(=O)O)c3cccnc3)c2)c1. The molecule has 0 aliphatic heterocycles. The third-order valence-corrected chi connectivity index (χ3v) is 6.04. The second-order valence-corrected chi connectivity index (χ2v) is 8.37. The summed E-state index contributed by atoms with van der Waals surface area (Å²) in [6.07, 6.45) is 2.73. The van der Waals surface area contributed by atoms with Crippen molar-refractivity contribution >= 4 is 40.0 Å². The van der Waals surface area contributed by atoms with Crippen molar-refractivity contribution in [3.63, 3.8) is 0 Å². The van der Waals surface area contributed by atoms with Crippen molar-refractivity contribution in [3.8, 4) is 0 Å². The molecule has 32 heavy (non-hydrogen) atoms. The number of amides is 1. The molecule has 3 aromatic rings. The van der Waals surface area contributed by atoms with Gasteiger partial charge in [-0.05, 0) is 48.0 Å². The van der Waals surface area contributed by atoms with Crippen LogP contribution in [-0.2, 0) is 15.6 Å². The maximum atomic E-state index is 13.2. The largest absolute Gasteiger partial charge is 0.481 e. The predicted octanol–water partition coefficient (Wildman–Crippen LogP) is 2.56. The van der Waals surface area contributed by atoms with Gasteiger partial charge in [0.25, 0.3) is 5.91 Å². The first-order valence-electron chi connectivity index (χ1n) is 9.47. The summed E-state index contributed by atoms with van der Waals surface area (Å²) in [7, 11) is -1.69. The first-order chi connectivity index (χ1) is 15.3. The number of carbonyl (C=O) groups excluding carboxylic acids is 1. The lowest BCUT2D eigenvalue weighted by Gasteiger charge is -2.15. The van der Waals surface area contributed by atoms with Gasteiger partial charge < -0.3 is 21.9 Å². The van der Waals surface area contributed by atoms with E-state index < -0.39 is 27.9 Å². The minimum atomic E-state index is -1.69. The van der Waals surface area contributed by atoms with E-state index in [4.69, 9.17) is 11.5 Å². The van der Waals surface area contributed by atoms with Crippen molar-refractivity contribution in [2.45, 2.75) is 16.6 Å². The lowest BCUT2D eigenvalue weighted by Crippen LogP contribution is -2.22. The standard InChI is InChI=1S/C22H21N5O4S/c23-22(24)27-16-6-1-4-14(10-16)21(30)26-17-7-2-8-18(11-17)32(31)19(12-20(28)29)15-5-3-9-25-13-15/h1-11,13,19H,12H2,(H,26,30)(H,28,29)(H4,23,24,27). The van der Waals surface area contributed by atoms with Gasteiger partial charge in [-0.3, -0.25) is 18.8 Å². The molecule has 164 valence electrons. The van der Waals surface area contributed by atoms with Crippen molar-refractivity contribution in [2.24, 2.45) is 16.5 Å². The number of carboxylic acid groups (broad SMARTS) is 1. The summed E-state index contributed by atoms with van der Waals surface area (Å²) in [6, 6.07) is 16.2. The Bertz CT molecular complexity index is 1180. The monoisotopic (exact) mass is 451 g/mol. The average Bonchev–Trinajstić information content (AvgIpc) is 2.77. The molecule has 0 radical (unpaired) electrons. The van der Waals surface area contributed by atoms with E-state index in [-0.39, 0.29) is 12.4 Å². The fourth-order valence-electron chi connectivity index (χ4n) is 2.97. The van der Waals surface area contributed by atoms with Crippen LogP contribution < -0.4 is 16.8 Å². The van der Waals surface area contributed by atoms with Crippen molar-refractivity contribution in [3.05, 3.63) is 84.2 Å². The zero-order valence-electron chi connectivity index (χ0n) is 16.8. The van der Waals surface area contributed by atoms with Gasteiger partial charge in [0.15, 0.2) is 5.96 Å². The number of benzene rings is 2. The molecule has 1 aromatic heterocycles. The van der Waals surface area contributed by atoms with E-state index in [1.54, 1.807) is 60.8 Å². The molecular weight excluding hydrogens is 430 g/mol. The van der Waals surface area contributed by atoms with Gasteiger partial charge >= 0.3 is 5.97 Å². The van der Waals surface area contributed by atoms with Crippen molar-refractivity contribution in [1.29, 1.82) is 0 Å². The Balaban J connectivity index is 1.83. The molecule has 6 N–H and O–H groups in total. The van der Waals surface area contributed by atoms with Crippen LogP contribution in [-0.4, -0.2) is 32.1 Å². The van der Waals surface area contributed by atoms with Crippen molar-refractivity contribution < 1.29 is 18.9 Å². The first-order valence-corrected chi connectivity index (χ1v) is 10.7. The number of aliphatic imine (C=N–C) groups is 1. The normalized spacial score (nSPS) is 12.4. The van der Waals surface area contributed by atoms with Gasteiger partial charge in [-0.15, -0.1) is 0 Å². The van der Waals surface area contributed by atoms with E-state index >= 15 is 0 Å². The van der Waals surface area contributed by atoms with E-state index in [2.05, 4.69) is 15.3 Å². The molecule has 0 bridgehead atoms. The Hall–Kier alpha value is -4.05. The van der Waals surface area contributed by atoms with Gasteiger partial charge in [0.2, 0.25) is 0 Å². The van der Waals surface area contributed by atoms with E-state index in [1.807, 2.05) is 0 Å². The highest BCUT2D eigenvalue weighted by molar-refractivity contribution is 7.85. The Morgan fingerprint density at radius 3 is 2.56 bits per heavy atom. The number of hydrogen-bond acceptors (Lipinski definition) is 5. The molecule has 0 saturated carbocycles. The predicted molar refractivity (Wildman–Crippen MR) is 122 cm³/mol. The quantitative estimate of drug-likeness (QED) is 0.302. The summed E-state index contributed by atoms with van der Waals surface area (Å²) in [5.41, 5.74) is 12.5. The highest BCUT2D eigenvalue weighted by Crippen LogP contribution is 2.29. The van der Waals surface area contributed by atoms with Crippen LogP contribution in [0.5, 0.6) is 0 Å². The molecular formula is C22H21N5O4S. The molecule has 0 fully saturated rings. The van der Waals surface area contributed by atoms with Gasteiger partial charge in [-0.1, -0.05) is 18.2 Å². The second kappa shape index (κ2) is 10.3. The van der Waals surface area contributed by atoms with E-state index in [0.29, 0.717) is 27.4 Å². The molecule has 2 aromatic carbocycles. The highest BCUT2D eigenvalue weighted by atomic mass is 32.2. The molecule has 1 heterocycles. The number of nitrogens with one attached hydrogen (secondary N) is 1. The topological polar surface area (TPSA) is 161 Å². The van der Waals surface area contributed by atoms with Crippen LogP contribution in [0.1, 0.15) is 27.6 Å². The van der Waals surface area contributed by atoms with Crippen LogP contribution in [0.3, 0.4) is 0 Å². The summed E-state index contributed by atoms with van der Waals surface area (Å²) in [6.45, 7) is 0. The molecule has 1 amide bonds. The van der Waals surface area contributed by atoms with Gasteiger partial charge in [-0.25, -0.2) is 4.99 Å². The Morgan fingerprint density at radius 2 is 1.88 bits per heavy atom. The molecule has 9 nitrogen and oxygen atoms in total. The number of carbonyl (C=O) groups is 2. The maximum Gasteiger partial charge on any atom is 0.304 e. The number of nitrogens with two attached hydrogens (primary N) is 2. The fraction of sp³-hybridized carbons (Fsp3) is 0.0909. The summed E-state index contributed by atoms with van der Waals surface area (Å²) < 4.78 is 13.2. The van der Waals surface area contributed by atoms with Crippen LogP contribution in [0, 0.1) is 0 Å². The van der Waals surface area contributed by atoms with Crippen LogP contribution >= 0.6 is 0 Å². The summed E-state index contributed by atoms with van der Waals surface area (Å²) in [4.78, 5) is 32.3. The number of pyridine rings is 1. The van der Waals surface area contributed by atoms with Crippen LogP contribution in [0.4, 0.5) is 11.4 Å². The average molecular weight is 452 g/mol. The van der Waals surface area contributed by atoms with E-state index in [1.165, 1.54) is 12.3 Å². The summed E-state index contributed by atoms with van der Waals surface area (Å²) in [5, 5.41) is 11.2. The van der Waals surface area contributed by atoms with Crippen LogP contribution in [0.25, 0.3) is 0 Å². The maximum absolute atomic E-state index is 13.2. The first kappa shape index (κ1) is 22.6. The summed E-state index contributed by atoms with van der Waals surface area (Å²) in [5.74, 6) is -1.60. The minimum absolute atomic E-state index is 0.123. The van der Waals surface area contributed by atoms with Gasteiger partial charge in [-0.2, -0.15) is 0 Å². The summed E-state index contributed by atoms with van der Waals surface area (Å²) >= 11 is 0. The number of aliphatic carboxylic acids is 1. The Morgan fingerprint density at radius 1 is 1.09 bits per heavy atom. The number of carboxylic acids is 1. The number of anilines is 1. The molecule has 0 aliphatic carbocycles. The third-order valence-electron chi connectivity index (χ3n) is 4.37. The lowest BCUT2D eigenvalue weighted by atomic mass is 10.1. The zero-order valence-corrected chi connectivity index (χ0v) is 17.7. The number of nitrogens with zero attached hydrogens (tertiary/aromatic N) is 2. The zero-order chi connectivity index (χ0) is 23.1. The van der Waals surface area contributed by atoms with Crippen molar-refractivity contribution in [2.75, 3.05) is 5.32 Å². The molecule has 3 rings (SSSR count). The number of aromatic nitrogens is 1. The Labute approximate surface area is 186 Å².